The lowest BCUT2D eigenvalue weighted by molar-refractivity contribution is -0.111. The van der Waals surface area contributed by atoms with Crippen molar-refractivity contribution >= 4 is 45.0 Å². The first-order valence-electron chi connectivity index (χ1n) is 11.7. The van der Waals surface area contributed by atoms with Gasteiger partial charge < -0.3 is 25.6 Å². The number of carbonyl (C=O) groups excluding carboxylic acids is 2. The normalized spacial score (nSPS) is 12.5. The predicted molar refractivity (Wildman–Crippen MR) is 149 cm³/mol. The van der Waals surface area contributed by atoms with Crippen molar-refractivity contribution in [3.05, 3.63) is 88.9 Å². The van der Waals surface area contributed by atoms with Gasteiger partial charge in [0.15, 0.2) is 11.5 Å². The van der Waals surface area contributed by atoms with Gasteiger partial charge in [0, 0.05) is 10.2 Å². The number of hydrogen-bond acceptors (Lipinski definition) is 6. The number of nitrogens with one attached hydrogen (secondary N) is 2. The number of amides is 2. The fourth-order valence-corrected chi connectivity index (χ4v) is 3.94. The molecule has 0 aliphatic rings. The molecule has 37 heavy (non-hydrogen) atoms. The number of halogens is 1. The van der Waals surface area contributed by atoms with Crippen molar-refractivity contribution in [3.8, 4) is 11.5 Å². The number of nitrogen functional groups attached to an aromatic ring is 1. The highest BCUT2D eigenvalue weighted by molar-refractivity contribution is 9.10. The summed E-state index contributed by atoms with van der Waals surface area (Å²) in [4.78, 5) is 24.9. The molecule has 0 radical (unpaired) electrons. The molecular formula is C28H30BrN3O5. The number of methoxy groups -OCH3 is 1. The summed E-state index contributed by atoms with van der Waals surface area (Å²) in [5, 5.41) is 15.8. The molecule has 2 atom stereocenters. The number of phenolic OH excluding ortho intramolecular Hbond substituents is 1. The monoisotopic (exact) mass is 567 g/mol. The molecule has 9 heteroatoms. The second kappa shape index (κ2) is 13.4. The molecule has 194 valence electrons. The zero-order valence-corrected chi connectivity index (χ0v) is 22.2. The van der Waals surface area contributed by atoms with Gasteiger partial charge in [-0.1, -0.05) is 47.1 Å². The van der Waals surface area contributed by atoms with Gasteiger partial charge in [0.2, 0.25) is 5.91 Å². The van der Waals surface area contributed by atoms with E-state index in [0.29, 0.717) is 41.2 Å². The van der Waals surface area contributed by atoms with E-state index < -0.39 is 12.2 Å². The lowest BCUT2D eigenvalue weighted by Crippen LogP contribution is -2.22. The highest BCUT2D eigenvalue weighted by Crippen LogP contribution is 2.35. The molecule has 0 bridgehead atoms. The quantitative estimate of drug-likeness (QED) is 0.161. The third-order valence-electron chi connectivity index (χ3n) is 5.65. The summed E-state index contributed by atoms with van der Waals surface area (Å²) in [7, 11) is 1.46. The first-order valence-corrected chi connectivity index (χ1v) is 12.5. The molecule has 0 aliphatic carbocycles. The standard InChI is InChI=1S/C28H30BrN3O5/c1-18(7-3-6-10-26(34)32-23-9-5-4-8-22(23)30)27(19-11-16-25(36-2)24(33)17-19)37-28(35)31-21-14-12-20(29)13-15-21/h4-6,8-18,27,33H,3,7,30H2,1-2H3,(H,31,35)(H,32,34)/b10-6+/t18-,27+/m1/s1. The van der Waals surface area contributed by atoms with Gasteiger partial charge >= 0.3 is 6.09 Å². The molecule has 8 nitrogen and oxygen atoms in total. The molecule has 0 fully saturated rings. The van der Waals surface area contributed by atoms with Crippen LogP contribution in [0.25, 0.3) is 0 Å². The SMILES string of the molecule is COc1ccc([C@@H](OC(=O)Nc2ccc(Br)cc2)[C@H](C)CC/C=C/C(=O)Nc2ccccc2N)cc1O. The number of para-hydroxylation sites is 2. The van der Waals surface area contributed by atoms with Gasteiger partial charge in [-0.3, -0.25) is 10.1 Å². The van der Waals surface area contributed by atoms with Crippen LogP contribution in [0.3, 0.4) is 0 Å². The van der Waals surface area contributed by atoms with Crippen LogP contribution in [0.15, 0.2) is 83.4 Å². The Morgan fingerprint density at radius 3 is 2.49 bits per heavy atom. The molecule has 0 spiro atoms. The summed E-state index contributed by atoms with van der Waals surface area (Å²) in [5.74, 6) is -0.151. The number of allylic oxidation sites excluding steroid dienone is 1. The maximum Gasteiger partial charge on any atom is 0.412 e. The fraction of sp³-hybridized carbons (Fsp3) is 0.214. The Morgan fingerprint density at radius 1 is 1.08 bits per heavy atom. The van der Waals surface area contributed by atoms with Crippen molar-refractivity contribution in [1.29, 1.82) is 0 Å². The number of carbonyl (C=O) groups is 2. The number of anilines is 3. The zero-order chi connectivity index (χ0) is 26.8. The number of nitrogens with two attached hydrogens (primary N) is 1. The van der Waals surface area contributed by atoms with E-state index in [4.69, 9.17) is 15.2 Å². The molecule has 0 aromatic heterocycles. The Bertz CT molecular complexity index is 1250. The third kappa shape index (κ3) is 8.28. The van der Waals surface area contributed by atoms with Gasteiger partial charge in [-0.15, -0.1) is 0 Å². The molecule has 0 heterocycles. The van der Waals surface area contributed by atoms with Crippen LogP contribution in [-0.2, 0) is 9.53 Å². The summed E-state index contributed by atoms with van der Waals surface area (Å²) in [6, 6.07) is 19.1. The fourth-order valence-electron chi connectivity index (χ4n) is 3.68. The molecule has 0 unspecified atom stereocenters. The molecule has 0 saturated heterocycles. The number of aromatic hydroxyl groups is 1. The van der Waals surface area contributed by atoms with E-state index in [1.165, 1.54) is 19.3 Å². The number of phenols is 1. The topological polar surface area (TPSA) is 123 Å². The smallest absolute Gasteiger partial charge is 0.412 e. The first kappa shape index (κ1) is 27.6. The Balaban J connectivity index is 1.66. The minimum absolute atomic E-state index is 0.0501. The largest absolute Gasteiger partial charge is 0.504 e. The number of benzene rings is 3. The Kier molecular flexibility index (Phi) is 9.97. The lowest BCUT2D eigenvalue weighted by Gasteiger charge is -2.25. The van der Waals surface area contributed by atoms with Crippen molar-refractivity contribution in [1.82, 2.24) is 0 Å². The van der Waals surface area contributed by atoms with E-state index in [9.17, 15) is 14.7 Å². The summed E-state index contributed by atoms with van der Waals surface area (Å²) in [6.45, 7) is 1.94. The molecule has 5 N–H and O–H groups in total. The lowest BCUT2D eigenvalue weighted by atomic mass is 9.92. The Labute approximate surface area is 224 Å². The maximum atomic E-state index is 12.7. The average Bonchev–Trinajstić information content (AvgIpc) is 2.88. The van der Waals surface area contributed by atoms with E-state index >= 15 is 0 Å². The van der Waals surface area contributed by atoms with Crippen molar-refractivity contribution < 1.29 is 24.2 Å². The summed E-state index contributed by atoms with van der Waals surface area (Å²) >= 11 is 3.36. The van der Waals surface area contributed by atoms with Crippen LogP contribution in [0.5, 0.6) is 11.5 Å². The Morgan fingerprint density at radius 2 is 1.81 bits per heavy atom. The molecule has 3 aromatic carbocycles. The third-order valence-corrected chi connectivity index (χ3v) is 6.18. The van der Waals surface area contributed by atoms with Gasteiger partial charge in [0.25, 0.3) is 0 Å². The molecule has 2 amide bonds. The Hall–Kier alpha value is -3.98. The van der Waals surface area contributed by atoms with E-state index in [2.05, 4.69) is 26.6 Å². The number of rotatable bonds is 10. The summed E-state index contributed by atoms with van der Waals surface area (Å²) in [5.41, 5.74) is 8.11. The van der Waals surface area contributed by atoms with Gasteiger partial charge in [-0.2, -0.15) is 0 Å². The van der Waals surface area contributed by atoms with Crippen LogP contribution in [0.4, 0.5) is 21.9 Å². The van der Waals surface area contributed by atoms with Gasteiger partial charge in [-0.05, 0) is 78.9 Å². The van der Waals surface area contributed by atoms with Gasteiger partial charge in [-0.25, -0.2) is 4.79 Å². The van der Waals surface area contributed by atoms with Crippen LogP contribution >= 0.6 is 15.9 Å². The summed E-state index contributed by atoms with van der Waals surface area (Å²) < 4.78 is 11.8. The zero-order valence-electron chi connectivity index (χ0n) is 20.6. The molecule has 3 rings (SSSR count). The van der Waals surface area contributed by atoms with Crippen molar-refractivity contribution in [2.45, 2.75) is 25.9 Å². The average molecular weight is 568 g/mol. The van der Waals surface area contributed by atoms with Crippen LogP contribution < -0.4 is 21.1 Å². The minimum atomic E-state index is -0.654. The predicted octanol–water partition coefficient (Wildman–Crippen LogP) is 6.65. The number of ether oxygens (including phenoxy) is 2. The van der Waals surface area contributed by atoms with Crippen LogP contribution in [-0.4, -0.2) is 24.2 Å². The van der Waals surface area contributed by atoms with Crippen molar-refractivity contribution in [3.63, 3.8) is 0 Å². The maximum absolute atomic E-state index is 12.7. The van der Waals surface area contributed by atoms with E-state index in [-0.39, 0.29) is 17.6 Å². The molecular weight excluding hydrogens is 538 g/mol. The van der Waals surface area contributed by atoms with Gasteiger partial charge in [0.05, 0.1) is 18.5 Å². The van der Waals surface area contributed by atoms with E-state index in [1.54, 1.807) is 54.6 Å². The molecule has 0 aliphatic heterocycles. The van der Waals surface area contributed by atoms with Crippen LogP contribution in [0.1, 0.15) is 31.4 Å². The van der Waals surface area contributed by atoms with Gasteiger partial charge in [0.1, 0.15) is 6.10 Å². The van der Waals surface area contributed by atoms with E-state index in [0.717, 1.165) is 4.47 Å². The second-order valence-corrected chi connectivity index (χ2v) is 9.34. The van der Waals surface area contributed by atoms with Crippen LogP contribution in [0.2, 0.25) is 0 Å². The highest BCUT2D eigenvalue weighted by Gasteiger charge is 2.24. The minimum Gasteiger partial charge on any atom is -0.504 e. The second-order valence-electron chi connectivity index (χ2n) is 8.42. The van der Waals surface area contributed by atoms with Crippen LogP contribution in [0, 0.1) is 5.92 Å². The van der Waals surface area contributed by atoms with Crippen molar-refractivity contribution in [2.75, 3.05) is 23.5 Å². The molecule has 0 saturated carbocycles. The van der Waals surface area contributed by atoms with Crippen molar-refractivity contribution in [2.24, 2.45) is 5.92 Å². The number of hydrogen-bond donors (Lipinski definition) is 4. The molecule has 3 aromatic rings. The first-order chi connectivity index (χ1) is 17.8. The highest BCUT2D eigenvalue weighted by atomic mass is 79.9. The van der Waals surface area contributed by atoms with E-state index in [1.807, 2.05) is 19.1 Å². The summed E-state index contributed by atoms with van der Waals surface area (Å²) in [6.07, 6.45) is 3.11.